The van der Waals surface area contributed by atoms with Gasteiger partial charge in [-0.25, -0.2) is 0 Å². The van der Waals surface area contributed by atoms with E-state index in [9.17, 15) is 0 Å². The zero-order valence-electron chi connectivity index (χ0n) is 4.65. The number of hydrogen-bond acceptors (Lipinski definition) is 0. The molecule has 0 nitrogen and oxygen atoms in total. The fourth-order valence-electron chi connectivity index (χ4n) is 0. The highest BCUT2D eigenvalue weighted by Gasteiger charge is 2.04. The maximum atomic E-state index is 3.79. The lowest BCUT2D eigenvalue weighted by molar-refractivity contribution is 1.88. The first-order chi connectivity index (χ1) is 2.56. The van der Waals surface area contributed by atoms with E-state index in [4.69, 9.17) is 0 Å². The van der Waals surface area contributed by atoms with Crippen molar-refractivity contribution in [1.82, 2.24) is 0 Å². The first kappa shape index (κ1) is 6.39. The van der Waals surface area contributed by atoms with Crippen LogP contribution in [-0.2, 0) is 0 Å². The number of hydrogen-bond donors (Lipinski definition) is 0. The van der Waals surface area contributed by atoms with E-state index in [1.807, 2.05) is 0 Å². The molecule has 0 bridgehead atoms. The van der Waals surface area contributed by atoms with Crippen LogP contribution in [0.3, 0.4) is 0 Å². The maximum absolute atomic E-state index is 3.79. The van der Waals surface area contributed by atoms with Gasteiger partial charge < -0.3 is 0 Å². The minimum absolute atomic E-state index is 0.770. The smallest absolute Gasteiger partial charge is 0.101 e. The Hall–Kier alpha value is 0.387. The Bertz CT molecular complexity index is 53.1. The predicted octanol–water partition coefficient (Wildman–Crippen LogP) is 2.20. The second-order valence-electron chi connectivity index (χ2n) is 2.33. The van der Waals surface area contributed by atoms with E-state index in [1.165, 1.54) is 7.75 Å². The molecule has 0 amide bonds. The summed E-state index contributed by atoms with van der Waals surface area (Å²) in [6.45, 7) is 6.92. The standard InChI is InChI=1S/C4H11PSi/c1-5-6(2,3)4/h1H2,2-4H3. The van der Waals surface area contributed by atoms with E-state index in [0.717, 1.165) is 0 Å². The van der Waals surface area contributed by atoms with Crippen LogP contribution in [0.1, 0.15) is 0 Å². The van der Waals surface area contributed by atoms with Gasteiger partial charge in [-0.3, -0.25) is 0 Å². The molecule has 0 heterocycles. The minimum atomic E-state index is -0.770. The molecule has 0 N–H and O–H groups in total. The van der Waals surface area contributed by atoms with Crippen molar-refractivity contribution in [2.75, 3.05) is 0 Å². The van der Waals surface area contributed by atoms with Crippen molar-refractivity contribution in [3.63, 3.8) is 0 Å². The van der Waals surface area contributed by atoms with Crippen molar-refractivity contribution < 1.29 is 0 Å². The van der Waals surface area contributed by atoms with E-state index in [-0.39, 0.29) is 0 Å². The van der Waals surface area contributed by atoms with Crippen LogP contribution in [0.2, 0.25) is 19.6 Å². The highest BCUT2D eigenvalue weighted by atomic mass is 31.3. The minimum Gasteiger partial charge on any atom is -0.135 e. The second-order valence-corrected chi connectivity index (χ2v) is 12.0. The van der Waals surface area contributed by atoms with Crippen molar-refractivity contribution in [3.8, 4) is 0 Å². The molecule has 0 aliphatic carbocycles. The van der Waals surface area contributed by atoms with Crippen LogP contribution < -0.4 is 0 Å². The number of rotatable bonds is 1. The molecule has 0 aromatic heterocycles. The summed E-state index contributed by atoms with van der Waals surface area (Å²) in [5, 5.41) is 0. The molecular weight excluding hydrogens is 107 g/mol. The largest absolute Gasteiger partial charge is 0.135 e. The molecule has 0 spiro atoms. The Morgan fingerprint density at radius 2 is 1.50 bits per heavy atom. The van der Waals surface area contributed by atoms with Crippen molar-refractivity contribution in [3.05, 3.63) is 0 Å². The first-order valence-corrected chi connectivity index (χ1v) is 7.46. The Labute approximate surface area is 42.2 Å². The molecule has 0 saturated carbocycles. The van der Waals surface area contributed by atoms with E-state index in [2.05, 4.69) is 25.9 Å². The van der Waals surface area contributed by atoms with Gasteiger partial charge in [-0.2, -0.15) is 0 Å². The Morgan fingerprint density at radius 3 is 1.50 bits per heavy atom. The van der Waals surface area contributed by atoms with Crippen LogP contribution in [0.15, 0.2) is 0 Å². The van der Waals surface area contributed by atoms with Crippen LogP contribution in [0, 0.1) is 0 Å². The highest BCUT2D eigenvalue weighted by Crippen LogP contribution is 2.13. The summed E-state index contributed by atoms with van der Waals surface area (Å²) in [6, 6.07) is 0. The molecular formula is C4H11PSi. The predicted molar refractivity (Wildman–Crippen MR) is 37.4 cm³/mol. The molecule has 6 heavy (non-hydrogen) atoms. The summed E-state index contributed by atoms with van der Waals surface area (Å²) in [4.78, 5) is 0. The fraction of sp³-hybridized carbons (Fsp3) is 0.750. The zero-order chi connectivity index (χ0) is 5.21. The van der Waals surface area contributed by atoms with Crippen molar-refractivity contribution in [1.29, 1.82) is 0 Å². The van der Waals surface area contributed by atoms with E-state index < -0.39 is 7.74 Å². The van der Waals surface area contributed by atoms with Crippen molar-refractivity contribution >= 4 is 21.8 Å². The molecule has 0 unspecified atom stereocenters. The zero-order valence-corrected chi connectivity index (χ0v) is 6.55. The summed E-state index contributed by atoms with van der Waals surface area (Å²) in [5.74, 6) is 0. The molecule has 0 rings (SSSR count). The van der Waals surface area contributed by atoms with Crippen molar-refractivity contribution in [2.45, 2.75) is 19.6 Å². The second kappa shape index (κ2) is 1.90. The lowest BCUT2D eigenvalue weighted by Crippen LogP contribution is -2.07. The van der Waals surface area contributed by atoms with Gasteiger partial charge in [-0.1, -0.05) is 25.9 Å². The average molecular weight is 118 g/mol. The van der Waals surface area contributed by atoms with E-state index in [0.29, 0.717) is 0 Å². The van der Waals surface area contributed by atoms with Gasteiger partial charge in [0.1, 0.15) is 7.74 Å². The van der Waals surface area contributed by atoms with E-state index in [1.54, 1.807) is 0 Å². The summed E-state index contributed by atoms with van der Waals surface area (Å²) in [7, 11) is 0.593. The van der Waals surface area contributed by atoms with Crippen molar-refractivity contribution in [2.24, 2.45) is 0 Å². The summed E-state index contributed by atoms with van der Waals surface area (Å²) >= 11 is 0. The molecule has 0 atom stereocenters. The normalized spacial score (nSPS) is 12.5. The average Bonchev–Trinajstić information content (AvgIpc) is 1.35. The lowest BCUT2D eigenvalue weighted by atomic mass is 11.8. The van der Waals surface area contributed by atoms with Gasteiger partial charge in [-0.05, 0) is 0 Å². The van der Waals surface area contributed by atoms with Gasteiger partial charge in [0.15, 0.2) is 0 Å². The van der Waals surface area contributed by atoms with Gasteiger partial charge in [-0.15, -0.1) is 7.75 Å². The van der Waals surface area contributed by atoms with Gasteiger partial charge >= 0.3 is 0 Å². The summed E-state index contributed by atoms with van der Waals surface area (Å²) in [6.07, 6.45) is 3.79. The maximum Gasteiger partial charge on any atom is 0.101 e. The molecule has 36 valence electrons. The van der Waals surface area contributed by atoms with Gasteiger partial charge in [0, 0.05) is 0 Å². The quantitative estimate of drug-likeness (QED) is 0.366. The van der Waals surface area contributed by atoms with Crippen LogP contribution in [0.5, 0.6) is 0 Å². The monoisotopic (exact) mass is 118 g/mol. The third-order valence-corrected chi connectivity index (χ3v) is 4.27. The highest BCUT2D eigenvalue weighted by molar-refractivity contribution is 7.79. The fourth-order valence-corrected chi connectivity index (χ4v) is 0. The molecule has 0 aromatic carbocycles. The topological polar surface area (TPSA) is 0 Å². The van der Waals surface area contributed by atoms with Gasteiger partial charge in [0.05, 0.1) is 0 Å². The Morgan fingerprint density at radius 1 is 1.33 bits per heavy atom. The summed E-state index contributed by atoms with van der Waals surface area (Å²) < 4.78 is 0. The molecule has 0 radical (unpaired) electrons. The van der Waals surface area contributed by atoms with Gasteiger partial charge in [0.25, 0.3) is 0 Å². The van der Waals surface area contributed by atoms with Gasteiger partial charge in [0.2, 0.25) is 0 Å². The summed E-state index contributed by atoms with van der Waals surface area (Å²) in [5.41, 5.74) is 0. The lowest BCUT2D eigenvalue weighted by Gasteiger charge is -2.03. The SMILES string of the molecule is C=P[Si](C)(C)C. The van der Waals surface area contributed by atoms with Crippen LogP contribution in [0.25, 0.3) is 0 Å². The Balaban J connectivity index is 3.45. The van der Waals surface area contributed by atoms with E-state index >= 15 is 0 Å². The first-order valence-electron chi connectivity index (χ1n) is 2.04. The molecule has 0 fully saturated rings. The molecule has 0 aliphatic rings. The van der Waals surface area contributed by atoms with Crippen LogP contribution >= 0.6 is 7.75 Å². The van der Waals surface area contributed by atoms with Crippen LogP contribution in [-0.4, -0.2) is 14.0 Å². The molecule has 0 aromatic rings. The third kappa shape index (κ3) is 4.39. The molecule has 0 aliphatic heterocycles. The Kier molecular flexibility index (Phi) is 2.02. The van der Waals surface area contributed by atoms with Crippen LogP contribution in [0.4, 0.5) is 0 Å². The molecule has 0 saturated heterocycles. The molecule has 2 heteroatoms. The third-order valence-electron chi connectivity index (χ3n) is 0.474.